The third-order valence-electron chi connectivity index (χ3n) is 6.07. The summed E-state index contributed by atoms with van der Waals surface area (Å²) in [7, 11) is -2.53. The Balaban J connectivity index is 1.84. The van der Waals surface area contributed by atoms with Crippen molar-refractivity contribution >= 4 is 19.5 Å². The first-order valence-corrected chi connectivity index (χ1v) is 14.7. The highest BCUT2D eigenvalue weighted by atomic mass is 31.2. The van der Waals surface area contributed by atoms with Crippen molar-refractivity contribution in [2.24, 2.45) is 5.92 Å². The fraction of sp³-hybridized carbons (Fsp3) is 0.333. The molecule has 0 aliphatic carbocycles. The molecule has 0 fully saturated rings. The average molecular weight is 552 g/mol. The van der Waals surface area contributed by atoms with Crippen LogP contribution in [0, 0.1) is 5.92 Å². The number of rotatable bonds is 14. The lowest BCUT2D eigenvalue weighted by Crippen LogP contribution is -2.49. The molecule has 0 aromatic heterocycles. The number of ether oxygens (including phenoxy) is 1. The molecule has 3 aromatic rings. The molecular weight excluding hydrogens is 513 g/mol. The second kappa shape index (κ2) is 15.2. The number of hydrogen-bond donors (Lipinski definition) is 3. The molecule has 0 spiro atoms. The minimum atomic E-state index is -3.84. The van der Waals surface area contributed by atoms with E-state index in [1.165, 1.54) is 7.11 Å². The van der Waals surface area contributed by atoms with E-state index in [1.54, 1.807) is 0 Å². The Morgan fingerprint density at radius 3 is 1.82 bits per heavy atom. The molecule has 208 valence electrons. The smallest absolute Gasteiger partial charge is 0.408 e. The van der Waals surface area contributed by atoms with Crippen LogP contribution in [0.2, 0.25) is 0 Å². The molecular formula is C30H38N3O5P. The second-order valence-electron chi connectivity index (χ2n) is 9.70. The Bertz CT molecular complexity index is 1210. The summed E-state index contributed by atoms with van der Waals surface area (Å²) >= 11 is 0. The zero-order valence-corrected chi connectivity index (χ0v) is 23.6. The van der Waals surface area contributed by atoms with E-state index in [-0.39, 0.29) is 31.3 Å². The SMILES string of the molecule is COP(=O)(N[C@@H](Cc1ccccc1)C(=O)NCC(C)C)C(Cc1ccccc1)NC(=O)OCc1ccccc1. The Morgan fingerprint density at radius 2 is 1.31 bits per heavy atom. The van der Waals surface area contributed by atoms with Crippen molar-refractivity contribution < 1.29 is 23.4 Å². The normalized spacial score (nSPS) is 14.2. The van der Waals surface area contributed by atoms with E-state index in [0.717, 1.165) is 16.7 Å². The molecule has 2 unspecified atom stereocenters. The first-order chi connectivity index (χ1) is 18.8. The van der Waals surface area contributed by atoms with Crippen molar-refractivity contribution in [2.75, 3.05) is 13.7 Å². The van der Waals surface area contributed by atoms with Crippen LogP contribution in [0.4, 0.5) is 4.79 Å². The molecule has 0 saturated heterocycles. The predicted octanol–water partition coefficient (Wildman–Crippen LogP) is 5.29. The number of carbonyl (C=O) groups is 2. The summed E-state index contributed by atoms with van der Waals surface area (Å²) in [6, 6.07) is 27.3. The first-order valence-electron chi connectivity index (χ1n) is 13.0. The average Bonchev–Trinajstić information content (AvgIpc) is 2.95. The van der Waals surface area contributed by atoms with E-state index in [1.807, 2.05) is 105 Å². The fourth-order valence-corrected chi connectivity index (χ4v) is 5.87. The zero-order chi connectivity index (χ0) is 28.1. The molecule has 39 heavy (non-hydrogen) atoms. The van der Waals surface area contributed by atoms with Gasteiger partial charge in [-0.25, -0.2) is 9.88 Å². The summed E-state index contributed by atoms with van der Waals surface area (Å²) in [5.41, 5.74) is 2.56. The van der Waals surface area contributed by atoms with Crippen LogP contribution >= 0.6 is 7.52 Å². The molecule has 0 heterocycles. The minimum absolute atomic E-state index is 0.0592. The van der Waals surface area contributed by atoms with Crippen LogP contribution in [-0.4, -0.2) is 37.5 Å². The van der Waals surface area contributed by atoms with Gasteiger partial charge in [-0.15, -0.1) is 0 Å². The van der Waals surface area contributed by atoms with Gasteiger partial charge >= 0.3 is 6.09 Å². The van der Waals surface area contributed by atoms with Crippen LogP contribution in [0.5, 0.6) is 0 Å². The second-order valence-corrected chi connectivity index (χ2v) is 12.1. The summed E-state index contributed by atoms with van der Waals surface area (Å²) < 4.78 is 25.3. The Labute approximate surface area is 231 Å². The standard InChI is InChI=1S/C30H38N3O5P/c1-23(2)21-31-29(34)27(19-24-13-7-4-8-14-24)33-39(36,37-3)28(20-25-15-9-5-10-16-25)32-30(35)38-22-26-17-11-6-12-18-26/h4-18,23,27-28H,19-22H2,1-3H3,(H,31,34)(H,32,35)(H,33,36)/t27-,28?,39?/m0/s1. The fourth-order valence-electron chi connectivity index (χ4n) is 3.96. The third kappa shape index (κ3) is 9.98. The summed E-state index contributed by atoms with van der Waals surface area (Å²) in [5, 5.41) is 8.67. The maximum Gasteiger partial charge on any atom is 0.408 e. The molecule has 0 radical (unpaired) electrons. The molecule has 0 aliphatic heterocycles. The highest BCUT2D eigenvalue weighted by molar-refractivity contribution is 7.57. The van der Waals surface area contributed by atoms with Gasteiger partial charge in [-0.1, -0.05) is 105 Å². The molecule has 0 bridgehead atoms. The number of hydrogen-bond acceptors (Lipinski definition) is 5. The van der Waals surface area contributed by atoms with Crippen molar-refractivity contribution in [3.8, 4) is 0 Å². The molecule has 3 rings (SSSR count). The number of amides is 2. The van der Waals surface area contributed by atoms with E-state index in [0.29, 0.717) is 6.54 Å². The lowest BCUT2D eigenvalue weighted by atomic mass is 10.1. The molecule has 3 N–H and O–H groups in total. The maximum absolute atomic E-state index is 14.4. The molecule has 3 aromatic carbocycles. The highest BCUT2D eigenvalue weighted by Gasteiger charge is 2.39. The summed E-state index contributed by atoms with van der Waals surface area (Å²) in [6.07, 6.45) is -0.248. The first kappa shape index (κ1) is 30.1. The Kier molecular flexibility index (Phi) is 11.7. The van der Waals surface area contributed by atoms with Crippen molar-refractivity contribution in [2.45, 2.75) is 45.1 Å². The zero-order valence-electron chi connectivity index (χ0n) is 22.7. The lowest BCUT2D eigenvalue weighted by Gasteiger charge is -2.31. The van der Waals surface area contributed by atoms with Gasteiger partial charge in [0, 0.05) is 20.1 Å². The predicted molar refractivity (Wildman–Crippen MR) is 153 cm³/mol. The van der Waals surface area contributed by atoms with Crippen LogP contribution in [0.15, 0.2) is 91.0 Å². The number of nitrogens with one attached hydrogen (secondary N) is 3. The van der Waals surface area contributed by atoms with Gasteiger partial charge in [0.1, 0.15) is 12.4 Å². The summed E-state index contributed by atoms with van der Waals surface area (Å²) in [4.78, 5) is 26.1. The third-order valence-corrected chi connectivity index (χ3v) is 8.42. The highest BCUT2D eigenvalue weighted by Crippen LogP contribution is 2.48. The largest absolute Gasteiger partial charge is 0.445 e. The van der Waals surface area contributed by atoms with Gasteiger partial charge in [-0.05, 0) is 29.0 Å². The molecule has 0 saturated carbocycles. The van der Waals surface area contributed by atoms with E-state index in [2.05, 4.69) is 15.7 Å². The molecule has 9 heteroatoms. The Morgan fingerprint density at radius 1 is 0.795 bits per heavy atom. The topological polar surface area (TPSA) is 106 Å². The number of carbonyl (C=O) groups excluding carboxylic acids is 2. The van der Waals surface area contributed by atoms with Gasteiger partial charge in [0.2, 0.25) is 5.91 Å². The molecule has 3 atom stereocenters. The van der Waals surface area contributed by atoms with Crippen molar-refractivity contribution in [3.05, 3.63) is 108 Å². The van der Waals surface area contributed by atoms with Gasteiger partial charge in [-0.2, -0.15) is 0 Å². The Hall–Kier alpha value is -3.45. The van der Waals surface area contributed by atoms with Crippen molar-refractivity contribution in [1.82, 2.24) is 15.7 Å². The van der Waals surface area contributed by atoms with E-state index in [4.69, 9.17) is 9.26 Å². The van der Waals surface area contributed by atoms with Gasteiger partial charge in [0.15, 0.2) is 0 Å². The maximum atomic E-state index is 14.4. The quantitative estimate of drug-likeness (QED) is 0.235. The molecule has 2 amide bonds. The van der Waals surface area contributed by atoms with Gasteiger partial charge in [0.25, 0.3) is 7.52 Å². The van der Waals surface area contributed by atoms with Crippen LogP contribution in [0.25, 0.3) is 0 Å². The summed E-state index contributed by atoms with van der Waals surface area (Å²) in [5.74, 6) is -1.05. The van der Waals surface area contributed by atoms with E-state index < -0.39 is 25.4 Å². The van der Waals surface area contributed by atoms with Crippen LogP contribution in [0.1, 0.15) is 30.5 Å². The van der Waals surface area contributed by atoms with E-state index in [9.17, 15) is 14.2 Å². The molecule has 0 aliphatic rings. The van der Waals surface area contributed by atoms with Gasteiger partial charge in [0.05, 0.1) is 6.04 Å². The summed E-state index contributed by atoms with van der Waals surface area (Å²) in [6.45, 7) is 4.53. The number of alkyl carbamates (subject to hydrolysis) is 1. The van der Waals surface area contributed by atoms with Crippen molar-refractivity contribution in [3.63, 3.8) is 0 Å². The number of benzene rings is 3. The lowest BCUT2D eigenvalue weighted by molar-refractivity contribution is -0.122. The van der Waals surface area contributed by atoms with Crippen LogP contribution in [0.3, 0.4) is 0 Å². The molecule has 8 nitrogen and oxygen atoms in total. The van der Waals surface area contributed by atoms with E-state index >= 15 is 0 Å². The van der Waals surface area contributed by atoms with Gasteiger partial charge < -0.3 is 19.9 Å². The van der Waals surface area contributed by atoms with Crippen LogP contribution < -0.4 is 15.7 Å². The van der Waals surface area contributed by atoms with Gasteiger partial charge in [-0.3, -0.25) is 9.36 Å². The van der Waals surface area contributed by atoms with Crippen LogP contribution in [-0.2, 0) is 38.1 Å². The minimum Gasteiger partial charge on any atom is -0.445 e. The van der Waals surface area contributed by atoms with Crippen molar-refractivity contribution in [1.29, 1.82) is 0 Å². The monoisotopic (exact) mass is 551 g/mol.